The number of amides is 1. The Morgan fingerprint density at radius 3 is 2.88 bits per heavy atom. The van der Waals surface area contributed by atoms with Gasteiger partial charge in [-0.05, 0) is 26.8 Å². The second-order valence-corrected chi connectivity index (χ2v) is 4.61. The van der Waals surface area contributed by atoms with Gasteiger partial charge in [0.1, 0.15) is 12.9 Å². The molecule has 1 aliphatic rings. The van der Waals surface area contributed by atoms with Gasteiger partial charge in [0, 0.05) is 5.54 Å². The van der Waals surface area contributed by atoms with Crippen LogP contribution in [0.1, 0.15) is 20.8 Å². The van der Waals surface area contributed by atoms with Gasteiger partial charge in [0.25, 0.3) is 0 Å². The van der Waals surface area contributed by atoms with Gasteiger partial charge in [0.2, 0.25) is 0 Å². The number of hydrogen-bond donors (Lipinski definition) is 1. The highest BCUT2D eigenvalue weighted by atomic mass is 16.7. The van der Waals surface area contributed by atoms with Crippen LogP contribution in [0.4, 0.5) is 4.79 Å². The number of rotatable bonds is 1. The van der Waals surface area contributed by atoms with E-state index in [0.717, 1.165) is 0 Å². The Hall–Kier alpha value is -1.07. The van der Waals surface area contributed by atoms with Gasteiger partial charge in [-0.2, -0.15) is 0 Å². The van der Waals surface area contributed by atoms with E-state index < -0.39 is 6.09 Å². The Bertz CT molecular complexity index is 257. The predicted octanol–water partition coefficient (Wildman–Crippen LogP) is 1.44. The van der Waals surface area contributed by atoms with Crippen molar-refractivity contribution in [2.45, 2.75) is 32.4 Å². The van der Waals surface area contributed by atoms with Crippen LogP contribution in [-0.2, 0) is 14.2 Å². The lowest BCUT2D eigenvalue weighted by molar-refractivity contribution is -0.0706. The maximum Gasteiger partial charge on any atom is 0.408 e. The van der Waals surface area contributed by atoms with E-state index >= 15 is 0 Å². The summed E-state index contributed by atoms with van der Waals surface area (Å²) < 4.78 is 15.4. The number of alkyl carbamates (subject to hydrolysis) is 1. The maximum absolute atomic E-state index is 11.5. The fourth-order valence-electron chi connectivity index (χ4n) is 1.15. The molecular weight excluding hydrogens is 210 g/mol. The molecule has 0 bridgehead atoms. The van der Waals surface area contributed by atoms with Crippen LogP contribution in [0.3, 0.4) is 0 Å². The van der Waals surface area contributed by atoms with Crippen LogP contribution in [0.15, 0.2) is 12.2 Å². The molecule has 0 saturated carbocycles. The van der Waals surface area contributed by atoms with Crippen LogP contribution in [0.5, 0.6) is 0 Å². The first kappa shape index (κ1) is 13.0. The molecule has 0 saturated heterocycles. The molecule has 1 N–H and O–H groups in total. The number of nitrogens with one attached hydrogen (secondary N) is 1. The lowest BCUT2D eigenvalue weighted by Crippen LogP contribution is -2.42. The summed E-state index contributed by atoms with van der Waals surface area (Å²) in [6, 6.07) is 0. The Morgan fingerprint density at radius 2 is 2.19 bits per heavy atom. The molecule has 92 valence electrons. The molecule has 5 heteroatoms. The van der Waals surface area contributed by atoms with E-state index in [-0.39, 0.29) is 18.4 Å². The third kappa shape index (κ3) is 5.72. The summed E-state index contributed by atoms with van der Waals surface area (Å²) in [6.07, 6.45) is 2.79. The minimum absolute atomic E-state index is 0.227. The molecular formula is C11H19NO4. The van der Waals surface area contributed by atoms with Crippen molar-refractivity contribution in [1.29, 1.82) is 0 Å². The van der Waals surface area contributed by atoms with Gasteiger partial charge in [-0.15, -0.1) is 0 Å². The van der Waals surface area contributed by atoms with Crippen molar-refractivity contribution in [3.63, 3.8) is 0 Å². The molecule has 0 aromatic rings. The smallest absolute Gasteiger partial charge is 0.408 e. The molecule has 0 aliphatic carbocycles. The monoisotopic (exact) mass is 229 g/mol. The van der Waals surface area contributed by atoms with Gasteiger partial charge in [0.15, 0.2) is 0 Å². The van der Waals surface area contributed by atoms with Gasteiger partial charge in [0.05, 0.1) is 13.2 Å². The van der Waals surface area contributed by atoms with Gasteiger partial charge < -0.3 is 19.5 Å². The first-order valence-electron chi connectivity index (χ1n) is 5.28. The quantitative estimate of drug-likeness (QED) is 0.691. The summed E-state index contributed by atoms with van der Waals surface area (Å²) in [5.74, 6) is 0. The van der Waals surface area contributed by atoms with Crippen LogP contribution in [0.2, 0.25) is 0 Å². The summed E-state index contributed by atoms with van der Waals surface area (Å²) >= 11 is 0. The minimum Gasteiger partial charge on any atom is -0.440 e. The first-order chi connectivity index (χ1) is 7.47. The predicted molar refractivity (Wildman–Crippen MR) is 59.1 cm³/mol. The Balaban J connectivity index is 2.39. The summed E-state index contributed by atoms with van der Waals surface area (Å²) in [5.41, 5.74) is -0.299. The van der Waals surface area contributed by atoms with Crippen molar-refractivity contribution >= 4 is 6.09 Å². The third-order valence-corrected chi connectivity index (χ3v) is 1.75. The van der Waals surface area contributed by atoms with Crippen molar-refractivity contribution < 1.29 is 19.0 Å². The highest BCUT2D eigenvalue weighted by Crippen LogP contribution is 2.04. The number of carbonyl (C=O) groups excluding carboxylic acids is 1. The molecule has 1 rings (SSSR count). The number of hydrogen-bond acceptors (Lipinski definition) is 4. The van der Waals surface area contributed by atoms with Crippen LogP contribution < -0.4 is 5.32 Å². The van der Waals surface area contributed by atoms with E-state index in [1.165, 1.54) is 0 Å². The van der Waals surface area contributed by atoms with E-state index in [9.17, 15) is 4.79 Å². The van der Waals surface area contributed by atoms with Crippen LogP contribution in [0.25, 0.3) is 0 Å². The highest BCUT2D eigenvalue weighted by Gasteiger charge is 2.18. The minimum atomic E-state index is -0.438. The number of carbonyl (C=O) groups is 1. The zero-order valence-corrected chi connectivity index (χ0v) is 9.99. The van der Waals surface area contributed by atoms with Crippen LogP contribution >= 0.6 is 0 Å². The molecule has 5 nitrogen and oxygen atoms in total. The molecule has 0 radical (unpaired) electrons. The lowest BCUT2D eigenvalue weighted by atomic mass is 10.1. The molecule has 16 heavy (non-hydrogen) atoms. The summed E-state index contributed by atoms with van der Waals surface area (Å²) in [4.78, 5) is 11.5. The van der Waals surface area contributed by atoms with E-state index in [4.69, 9.17) is 14.2 Å². The normalized spacial score (nSPS) is 24.1. The van der Waals surface area contributed by atoms with Crippen LogP contribution in [-0.4, -0.2) is 37.7 Å². The van der Waals surface area contributed by atoms with E-state index in [2.05, 4.69) is 5.32 Å². The van der Waals surface area contributed by atoms with Crippen molar-refractivity contribution in [3.8, 4) is 0 Å². The highest BCUT2D eigenvalue weighted by molar-refractivity contribution is 5.68. The van der Waals surface area contributed by atoms with Crippen molar-refractivity contribution in [2.24, 2.45) is 0 Å². The Kier molecular flexibility index (Phi) is 4.76. The van der Waals surface area contributed by atoms with Crippen molar-refractivity contribution in [1.82, 2.24) is 5.32 Å². The van der Waals surface area contributed by atoms with Crippen molar-refractivity contribution in [2.75, 3.05) is 20.0 Å². The fourth-order valence-corrected chi connectivity index (χ4v) is 1.15. The van der Waals surface area contributed by atoms with E-state index in [1.807, 2.05) is 26.8 Å². The molecule has 0 aromatic carbocycles. The molecule has 0 aromatic heterocycles. The second kappa shape index (κ2) is 5.86. The summed E-state index contributed by atoms with van der Waals surface area (Å²) in [5, 5.41) is 2.72. The molecule has 0 fully saturated rings. The van der Waals surface area contributed by atoms with E-state index in [0.29, 0.717) is 13.2 Å². The van der Waals surface area contributed by atoms with Gasteiger partial charge in [-0.1, -0.05) is 6.08 Å². The SMILES string of the molecule is CC(C)(C)NC(=O)OC1/C=C/COCOC1. The Labute approximate surface area is 95.7 Å². The molecule has 1 heterocycles. The second-order valence-electron chi connectivity index (χ2n) is 4.61. The van der Waals surface area contributed by atoms with Gasteiger partial charge in [-0.25, -0.2) is 4.79 Å². The van der Waals surface area contributed by atoms with E-state index in [1.54, 1.807) is 6.08 Å². The standard InChI is InChI=1S/C11H19NO4/c1-11(2,3)12-10(13)16-9-5-4-6-14-8-15-7-9/h4-5,9H,6-8H2,1-3H3,(H,12,13)/b5-4+. The molecule has 0 spiro atoms. The molecule has 1 atom stereocenters. The average molecular weight is 229 g/mol. The fraction of sp³-hybridized carbons (Fsp3) is 0.727. The lowest BCUT2D eigenvalue weighted by Gasteiger charge is -2.23. The molecule has 1 unspecified atom stereocenters. The average Bonchev–Trinajstić information content (AvgIpc) is 2.06. The van der Waals surface area contributed by atoms with Crippen molar-refractivity contribution in [3.05, 3.63) is 12.2 Å². The summed E-state index contributed by atoms with van der Waals surface area (Å²) in [7, 11) is 0. The summed E-state index contributed by atoms with van der Waals surface area (Å²) in [6.45, 7) is 6.70. The first-order valence-corrected chi connectivity index (χ1v) is 5.28. The van der Waals surface area contributed by atoms with Gasteiger partial charge in [-0.3, -0.25) is 0 Å². The zero-order valence-electron chi connectivity index (χ0n) is 9.99. The Morgan fingerprint density at radius 1 is 1.44 bits per heavy atom. The molecule has 1 aliphatic heterocycles. The number of ether oxygens (including phenoxy) is 3. The topological polar surface area (TPSA) is 56.8 Å². The maximum atomic E-state index is 11.5. The third-order valence-electron chi connectivity index (χ3n) is 1.75. The zero-order chi connectivity index (χ0) is 12.0. The molecule has 1 amide bonds. The van der Waals surface area contributed by atoms with Gasteiger partial charge >= 0.3 is 6.09 Å². The van der Waals surface area contributed by atoms with Crippen LogP contribution in [0, 0.1) is 0 Å². The largest absolute Gasteiger partial charge is 0.440 e.